The Balaban J connectivity index is 0.625. The largest absolute Gasteiger partial charge is 0.494 e. The number of nitrogens with zero attached hydrogens (tertiary/aromatic N) is 8. The van der Waals surface area contributed by atoms with Crippen LogP contribution in [0, 0.1) is 12.8 Å². The second-order valence-electron chi connectivity index (χ2n) is 20.2. The Labute approximate surface area is 434 Å². The number of ether oxygens (including phenoxy) is 1. The molecule has 16 nitrogen and oxygen atoms in total. The molecule has 11 rings (SSSR count). The molecule has 17 heteroatoms. The maximum Gasteiger partial charge on any atom is 0.355 e. The van der Waals surface area contributed by atoms with Crippen LogP contribution in [-0.2, 0) is 29.6 Å². The molecule has 4 aromatic carbocycles. The smallest absolute Gasteiger partial charge is 0.355 e. The maximum absolute atomic E-state index is 13.6. The lowest BCUT2D eigenvalue weighted by Gasteiger charge is -2.38. The number of thiazole rings is 1. The summed E-state index contributed by atoms with van der Waals surface area (Å²) in [4.78, 5) is 69.9. The van der Waals surface area contributed by atoms with Crippen molar-refractivity contribution in [3.05, 3.63) is 125 Å². The van der Waals surface area contributed by atoms with E-state index in [2.05, 4.69) is 42.5 Å². The molecule has 0 radical (unpaired) electrons. The first-order valence-electron chi connectivity index (χ1n) is 26.0. The number of carboxylic acids is 1. The number of aromatic nitrogens is 4. The number of likely N-dealkylation sites (tertiary alicyclic amines) is 1. The van der Waals surface area contributed by atoms with Crippen LogP contribution >= 0.6 is 11.3 Å². The van der Waals surface area contributed by atoms with Crippen LogP contribution in [0.2, 0.25) is 0 Å². The van der Waals surface area contributed by atoms with Gasteiger partial charge in [0.2, 0.25) is 11.8 Å². The molecule has 0 saturated carbocycles. The first-order valence-corrected chi connectivity index (χ1v) is 26.8. The summed E-state index contributed by atoms with van der Waals surface area (Å²) in [5, 5.41) is 22.3. The average molecular weight is 1020 g/mol. The van der Waals surface area contributed by atoms with Gasteiger partial charge in [-0.15, -0.1) is 0 Å². The highest BCUT2D eigenvalue weighted by Gasteiger charge is 2.33. The number of amides is 3. The Morgan fingerprint density at radius 2 is 1.61 bits per heavy atom. The lowest BCUT2D eigenvalue weighted by molar-refractivity contribution is -0.134. The number of anilines is 3. The lowest BCUT2D eigenvalue weighted by Crippen LogP contribution is -2.49. The van der Waals surface area contributed by atoms with Gasteiger partial charge in [0.25, 0.3) is 5.91 Å². The van der Waals surface area contributed by atoms with Gasteiger partial charge in [0.05, 0.1) is 39.6 Å². The lowest BCUT2D eigenvalue weighted by atomic mass is 9.92. The summed E-state index contributed by atoms with van der Waals surface area (Å²) in [5.74, 6) is -0.200. The number of para-hydroxylation sites is 2. The van der Waals surface area contributed by atoms with Crippen molar-refractivity contribution in [2.24, 2.45) is 13.0 Å². The third-order valence-corrected chi connectivity index (χ3v) is 16.5. The Hall–Kier alpha value is -7.21. The van der Waals surface area contributed by atoms with Crippen LogP contribution in [0.1, 0.15) is 87.7 Å². The van der Waals surface area contributed by atoms with Crippen LogP contribution in [-0.4, -0.2) is 124 Å². The van der Waals surface area contributed by atoms with E-state index in [1.807, 2.05) is 102 Å². The van der Waals surface area contributed by atoms with Crippen molar-refractivity contribution in [2.75, 3.05) is 80.6 Å². The zero-order valence-corrected chi connectivity index (χ0v) is 42.8. The predicted octanol–water partition coefficient (Wildman–Crippen LogP) is 8.28. The Kier molecular flexibility index (Phi) is 14.1. The quantitative estimate of drug-likeness (QED) is 0.0661. The van der Waals surface area contributed by atoms with Gasteiger partial charge < -0.3 is 24.5 Å². The second-order valence-corrected chi connectivity index (χ2v) is 21.2. The highest BCUT2D eigenvalue weighted by Crippen LogP contribution is 2.37. The number of benzene rings is 4. The van der Waals surface area contributed by atoms with E-state index in [9.17, 15) is 24.3 Å². The number of piperazine rings is 1. The minimum atomic E-state index is -1.10. The molecule has 74 heavy (non-hydrogen) atoms. The minimum Gasteiger partial charge on any atom is -0.494 e. The van der Waals surface area contributed by atoms with Crippen molar-refractivity contribution in [2.45, 2.75) is 64.3 Å². The zero-order chi connectivity index (χ0) is 50.9. The van der Waals surface area contributed by atoms with E-state index in [1.165, 1.54) is 24.2 Å². The number of hydrogen-bond donors (Lipinski definition) is 3. The highest BCUT2D eigenvalue weighted by molar-refractivity contribution is 7.22. The molecule has 1 atom stereocenters. The Morgan fingerprint density at radius 1 is 0.824 bits per heavy atom. The SMILES string of the molecule is Cc1cc(OCCCC2CCN(CCN3CCN(c4cccc5c(C6CCC(=O)NC6=O)nn(C)c45)CC3)CC2)ccc1-c1ccc(N2CCc3cccc(C(=O)Nc4nc5ccccc5s4)c3C2)nc1C(=O)O. The van der Waals surface area contributed by atoms with E-state index in [4.69, 9.17) is 14.8 Å². The number of piperidine rings is 2. The number of carboxylic acid groups (broad SMARTS) is 1. The number of nitrogens with one attached hydrogen (secondary N) is 2. The Morgan fingerprint density at radius 3 is 2.39 bits per heavy atom. The predicted molar refractivity (Wildman–Crippen MR) is 289 cm³/mol. The first kappa shape index (κ1) is 49.0. The average Bonchev–Trinajstić information content (AvgIpc) is 3.99. The van der Waals surface area contributed by atoms with Crippen LogP contribution < -0.4 is 25.2 Å². The molecule has 382 valence electrons. The number of rotatable bonds is 15. The fraction of sp³-hybridized carbons (Fsp3) is 0.386. The van der Waals surface area contributed by atoms with Gasteiger partial charge in [-0.05, 0) is 135 Å². The van der Waals surface area contributed by atoms with Crippen LogP contribution in [0.5, 0.6) is 5.75 Å². The highest BCUT2D eigenvalue weighted by atomic mass is 32.1. The van der Waals surface area contributed by atoms with Gasteiger partial charge >= 0.3 is 5.97 Å². The van der Waals surface area contributed by atoms with Gasteiger partial charge in [-0.25, -0.2) is 14.8 Å². The molecule has 0 bridgehead atoms. The van der Waals surface area contributed by atoms with Gasteiger partial charge in [-0.1, -0.05) is 53.8 Å². The second kappa shape index (κ2) is 21.3. The van der Waals surface area contributed by atoms with E-state index in [0.717, 1.165) is 126 Å². The van der Waals surface area contributed by atoms with Crippen molar-refractivity contribution < 1.29 is 29.0 Å². The fourth-order valence-corrected chi connectivity index (χ4v) is 12.3. The summed E-state index contributed by atoms with van der Waals surface area (Å²) in [6.45, 7) is 11.9. The molecule has 7 aromatic rings. The van der Waals surface area contributed by atoms with Crippen LogP contribution in [0.25, 0.3) is 32.2 Å². The molecule has 3 fully saturated rings. The zero-order valence-electron chi connectivity index (χ0n) is 42.0. The summed E-state index contributed by atoms with van der Waals surface area (Å²) >= 11 is 1.44. The molecule has 3 saturated heterocycles. The number of fused-ring (bicyclic) bond motifs is 3. The normalized spacial score (nSPS) is 17.9. The number of carbonyl (C=O) groups excluding carboxylic acids is 3. The van der Waals surface area contributed by atoms with Crippen molar-refractivity contribution >= 4 is 72.8 Å². The molecular weight excluding hydrogens is 953 g/mol. The van der Waals surface area contributed by atoms with Gasteiger partial charge in [-0.2, -0.15) is 5.10 Å². The summed E-state index contributed by atoms with van der Waals surface area (Å²) in [6.07, 6.45) is 6.02. The number of pyridine rings is 1. The number of imide groups is 1. The molecule has 0 spiro atoms. The molecule has 1 unspecified atom stereocenters. The number of hydrogen-bond acceptors (Lipinski definition) is 13. The minimum absolute atomic E-state index is 0.0163. The van der Waals surface area contributed by atoms with E-state index in [0.29, 0.717) is 67.0 Å². The Bertz CT molecular complexity index is 3230. The third kappa shape index (κ3) is 10.3. The molecule has 3 amide bonds. The molecule has 3 aromatic heterocycles. The topological polar surface area (TPSA) is 178 Å². The van der Waals surface area contributed by atoms with Gasteiger partial charge in [0.1, 0.15) is 11.6 Å². The molecule has 4 aliphatic rings. The molecule has 7 heterocycles. The summed E-state index contributed by atoms with van der Waals surface area (Å²) < 4.78 is 9.15. The van der Waals surface area contributed by atoms with Gasteiger partial charge in [-0.3, -0.25) is 34.6 Å². The molecule has 3 N–H and O–H groups in total. The van der Waals surface area contributed by atoms with Gasteiger partial charge in [0, 0.05) is 82.3 Å². The van der Waals surface area contributed by atoms with Crippen molar-refractivity contribution in [1.82, 2.24) is 34.9 Å². The molecular formula is C57H62N10O6S. The third-order valence-electron chi connectivity index (χ3n) is 15.5. The van der Waals surface area contributed by atoms with E-state index in [1.54, 1.807) is 0 Å². The number of aryl methyl sites for hydroxylation is 2. The monoisotopic (exact) mass is 1010 g/mol. The summed E-state index contributed by atoms with van der Waals surface area (Å²) in [7, 11) is 1.94. The standard InChI is InChI=1S/C57H62N10O6S/c1-36-34-39(15-16-40(36)41-17-19-49(59-52(41)56(71)72)67-26-23-38-9-5-10-42(45(38)35-67)54(69)61-57-58-46-12-3-4-14-48(46)74-57)73-33-7-8-37-21-24-64(25-22-37)27-28-65-29-31-66(32-30-65)47-13-6-11-43-51(62-63(2)53(43)47)44-18-20-50(68)60-55(44)70/h3-6,9-17,19,34,37,44H,7-8,18,20-33,35H2,1-2H3,(H,71,72)(H,58,61,69)(H,60,68,70). The van der Waals surface area contributed by atoms with Crippen molar-refractivity contribution in [1.29, 1.82) is 0 Å². The molecule has 4 aliphatic heterocycles. The summed E-state index contributed by atoms with van der Waals surface area (Å²) in [5.41, 5.74) is 8.57. The number of aromatic carboxylic acids is 1. The first-order chi connectivity index (χ1) is 36.0. The van der Waals surface area contributed by atoms with Gasteiger partial charge in [0.15, 0.2) is 10.8 Å². The van der Waals surface area contributed by atoms with Crippen LogP contribution in [0.4, 0.5) is 16.6 Å². The van der Waals surface area contributed by atoms with E-state index in [-0.39, 0.29) is 23.4 Å². The molecule has 0 aliphatic carbocycles. The fourth-order valence-electron chi connectivity index (χ4n) is 11.5. The number of carbonyl (C=O) groups is 4. The van der Waals surface area contributed by atoms with E-state index < -0.39 is 11.9 Å². The van der Waals surface area contributed by atoms with Crippen LogP contribution in [0.3, 0.4) is 0 Å². The van der Waals surface area contributed by atoms with Crippen molar-refractivity contribution in [3.8, 4) is 16.9 Å². The summed E-state index contributed by atoms with van der Waals surface area (Å²) in [6, 6.07) is 29.4. The van der Waals surface area contributed by atoms with Crippen LogP contribution in [0.15, 0.2) is 91.0 Å². The van der Waals surface area contributed by atoms with Crippen molar-refractivity contribution in [3.63, 3.8) is 0 Å². The van der Waals surface area contributed by atoms with E-state index >= 15 is 0 Å². The maximum atomic E-state index is 13.6.